The Balaban J connectivity index is 1.67. The molecule has 1 amide bonds. The predicted octanol–water partition coefficient (Wildman–Crippen LogP) is 5.31. The monoisotopic (exact) mass is 480 g/mol. The second-order valence-electron chi connectivity index (χ2n) is 7.28. The predicted molar refractivity (Wildman–Crippen MR) is 130 cm³/mol. The van der Waals surface area contributed by atoms with Crippen LogP contribution < -0.4 is 10.9 Å². The van der Waals surface area contributed by atoms with Gasteiger partial charge in [0.25, 0.3) is 11.5 Å². The van der Waals surface area contributed by atoms with Crippen LogP contribution in [0, 0.1) is 0 Å². The van der Waals surface area contributed by atoms with Gasteiger partial charge in [-0.15, -0.1) is 0 Å². The molecule has 3 aromatic carbocycles. The van der Waals surface area contributed by atoms with E-state index in [4.69, 9.17) is 27.9 Å². The molecule has 0 saturated heterocycles. The minimum absolute atomic E-state index is 0.0588. The van der Waals surface area contributed by atoms with Crippen LogP contribution in [0.5, 0.6) is 0 Å². The number of nitrogens with zero attached hydrogens (tertiary/aromatic N) is 1. The lowest BCUT2D eigenvalue weighted by Gasteiger charge is -2.16. The van der Waals surface area contributed by atoms with E-state index < -0.39 is 18.5 Å². The standard InChI is InChI=1S/C25H18Cl2N2O4/c1-29-23(25(32)33-14-21(30)28-18-12-16(26)11-17(27)13-18)22(15-7-3-2-4-8-15)19-9-5-6-10-20(19)24(29)31/h2-13H,14H2,1H3,(H,28,30). The number of rotatable bonds is 5. The summed E-state index contributed by atoms with van der Waals surface area (Å²) < 4.78 is 6.54. The number of anilines is 1. The highest BCUT2D eigenvalue weighted by molar-refractivity contribution is 6.35. The summed E-state index contributed by atoms with van der Waals surface area (Å²) in [5.74, 6) is -1.37. The number of carbonyl (C=O) groups is 2. The molecule has 6 nitrogen and oxygen atoms in total. The van der Waals surface area contributed by atoms with Crippen LogP contribution in [0.15, 0.2) is 77.6 Å². The number of aromatic nitrogens is 1. The van der Waals surface area contributed by atoms with E-state index >= 15 is 0 Å². The minimum atomic E-state index is -0.793. The Labute approximate surface area is 199 Å². The van der Waals surface area contributed by atoms with Gasteiger partial charge in [0.15, 0.2) is 6.61 Å². The van der Waals surface area contributed by atoms with Crippen molar-refractivity contribution in [1.29, 1.82) is 0 Å². The first-order chi connectivity index (χ1) is 15.8. The first kappa shape index (κ1) is 22.6. The summed E-state index contributed by atoms with van der Waals surface area (Å²) in [6.45, 7) is -0.557. The van der Waals surface area contributed by atoms with Crippen molar-refractivity contribution in [2.75, 3.05) is 11.9 Å². The van der Waals surface area contributed by atoms with Crippen LogP contribution >= 0.6 is 23.2 Å². The molecule has 1 heterocycles. The van der Waals surface area contributed by atoms with Crippen molar-refractivity contribution in [3.05, 3.63) is 98.9 Å². The summed E-state index contributed by atoms with van der Waals surface area (Å²) >= 11 is 11.9. The number of pyridine rings is 1. The van der Waals surface area contributed by atoms with Crippen LogP contribution in [0.3, 0.4) is 0 Å². The Morgan fingerprint density at radius 3 is 2.18 bits per heavy atom. The number of nitrogens with one attached hydrogen (secondary N) is 1. The highest BCUT2D eigenvalue weighted by Crippen LogP contribution is 2.31. The third kappa shape index (κ3) is 4.77. The molecule has 0 aliphatic rings. The molecule has 8 heteroatoms. The van der Waals surface area contributed by atoms with Gasteiger partial charge < -0.3 is 14.6 Å². The Kier molecular flexibility index (Phi) is 6.49. The van der Waals surface area contributed by atoms with Gasteiger partial charge in [0.2, 0.25) is 0 Å². The fraction of sp³-hybridized carbons (Fsp3) is 0.0800. The van der Waals surface area contributed by atoms with Gasteiger partial charge in [-0.05, 0) is 35.2 Å². The second-order valence-corrected chi connectivity index (χ2v) is 8.15. The normalized spacial score (nSPS) is 10.8. The Bertz CT molecular complexity index is 1410. The molecule has 0 atom stereocenters. The molecule has 4 rings (SSSR count). The zero-order valence-electron chi connectivity index (χ0n) is 17.5. The first-order valence-electron chi connectivity index (χ1n) is 9.95. The molecule has 0 fully saturated rings. The molecule has 33 heavy (non-hydrogen) atoms. The number of halogens is 2. The number of esters is 1. The van der Waals surface area contributed by atoms with Crippen molar-refractivity contribution in [2.45, 2.75) is 0 Å². The average Bonchev–Trinajstić information content (AvgIpc) is 2.79. The molecule has 166 valence electrons. The van der Waals surface area contributed by atoms with Gasteiger partial charge in [-0.25, -0.2) is 4.79 Å². The Morgan fingerprint density at radius 1 is 0.909 bits per heavy atom. The van der Waals surface area contributed by atoms with E-state index in [9.17, 15) is 14.4 Å². The SMILES string of the molecule is Cn1c(C(=O)OCC(=O)Nc2cc(Cl)cc(Cl)c2)c(-c2ccccc2)c2ccccc2c1=O. The van der Waals surface area contributed by atoms with Crippen LogP contribution in [-0.4, -0.2) is 23.1 Å². The molecule has 0 aliphatic heterocycles. The fourth-order valence-corrected chi connectivity index (χ4v) is 4.15. The quantitative estimate of drug-likeness (QED) is 0.392. The number of hydrogen-bond acceptors (Lipinski definition) is 4. The summed E-state index contributed by atoms with van der Waals surface area (Å²) in [4.78, 5) is 38.4. The summed E-state index contributed by atoms with van der Waals surface area (Å²) in [6.07, 6.45) is 0. The van der Waals surface area contributed by atoms with E-state index in [1.54, 1.807) is 24.3 Å². The van der Waals surface area contributed by atoms with E-state index in [2.05, 4.69) is 5.32 Å². The number of fused-ring (bicyclic) bond motifs is 1. The van der Waals surface area contributed by atoms with Gasteiger partial charge in [-0.1, -0.05) is 71.7 Å². The zero-order chi connectivity index (χ0) is 23.5. The van der Waals surface area contributed by atoms with Gasteiger partial charge in [0.1, 0.15) is 5.69 Å². The largest absolute Gasteiger partial charge is 0.451 e. The molecule has 0 saturated carbocycles. The number of hydrogen-bond donors (Lipinski definition) is 1. The highest BCUT2D eigenvalue weighted by atomic mass is 35.5. The summed E-state index contributed by atoms with van der Waals surface area (Å²) in [6, 6.07) is 20.9. The second kappa shape index (κ2) is 9.48. The van der Waals surface area contributed by atoms with Gasteiger partial charge in [0.05, 0.1) is 0 Å². The van der Waals surface area contributed by atoms with Crippen LogP contribution in [-0.2, 0) is 16.6 Å². The lowest BCUT2D eigenvalue weighted by Crippen LogP contribution is -2.28. The van der Waals surface area contributed by atoms with Crippen LogP contribution in [0.25, 0.3) is 21.9 Å². The van der Waals surface area contributed by atoms with E-state index in [1.807, 2.05) is 30.3 Å². The highest BCUT2D eigenvalue weighted by Gasteiger charge is 2.23. The maximum atomic E-state index is 13.1. The molecule has 0 bridgehead atoms. The molecule has 0 radical (unpaired) electrons. The molecule has 0 unspecified atom stereocenters. The average molecular weight is 481 g/mol. The number of amides is 1. The lowest BCUT2D eigenvalue weighted by atomic mass is 9.97. The summed E-state index contributed by atoms with van der Waals surface area (Å²) in [5.41, 5.74) is 1.39. The summed E-state index contributed by atoms with van der Waals surface area (Å²) in [7, 11) is 1.51. The van der Waals surface area contributed by atoms with Crippen LogP contribution in [0.2, 0.25) is 10.0 Å². The van der Waals surface area contributed by atoms with Crippen molar-refractivity contribution < 1.29 is 14.3 Å². The molecule has 0 spiro atoms. The fourth-order valence-electron chi connectivity index (χ4n) is 3.62. The number of benzene rings is 3. The van der Waals surface area contributed by atoms with E-state index in [0.29, 0.717) is 32.1 Å². The maximum Gasteiger partial charge on any atom is 0.356 e. The minimum Gasteiger partial charge on any atom is -0.451 e. The first-order valence-corrected chi connectivity index (χ1v) is 10.7. The Hall–Kier alpha value is -3.61. The third-order valence-electron chi connectivity index (χ3n) is 5.04. The van der Waals surface area contributed by atoms with Gasteiger partial charge in [0, 0.05) is 33.7 Å². The molecule has 1 N–H and O–H groups in total. The molecule has 4 aromatic rings. The maximum absolute atomic E-state index is 13.1. The van der Waals surface area contributed by atoms with Crippen molar-refractivity contribution in [3.63, 3.8) is 0 Å². The summed E-state index contributed by atoms with van der Waals surface area (Å²) in [5, 5.41) is 4.39. The Morgan fingerprint density at radius 2 is 1.52 bits per heavy atom. The van der Waals surface area contributed by atoms with Gasteiger partial charge >= 0.3 is 5.97 Å². The zero-order valence-corrected chi connectivity index (χ0v) is 19.0. The van der Waals surface area contributed by atoms with Crippen LogP contribution in [0.4, 0.5) is 5.69 Å². The van der Waals surface area contributed by atoms with Crippen molar-refractivity contribution in [2.24, 2.45) is 7.05 Å². The van der Waals surface area contributed by atoms with Crippen LogP contribution in [0.1, 0.15) is 10.5 Å². The molecule has 1 aromatic heterocycles. The smallest absolute Gasteiger partial charge is 0.356 e. The molecular formula is C25H18Cl2N2O4. The third-order valence-corrected chi connectivity index (χ3v) is 5.48. The van der Waals surface area contributed by atoms with E-state index in [1.165, 1.54) is 29.8 Å². The van der Waals surface area contributed by atoms with Gasteiger partial charge in [-0.2, -0.15) is 0 Å². The number of carbonyl (C=O) groups excluding carboxylic acids is 2. The van der Waals surface area contributed by atoms with Gasteiger partial charge in [-0.3, -0.25) is 9.59 Å². The number of ether oxygens (including phenoxy) is 1. The topological polar surface area (TPSA) is 77.4 Å². The van der Waals surface area contributed by atoms with Crippen molar-refractivity contribution >= 4 is 51.5 Å². The molecular weight excluding hydrogens is 463 g/mol. The van der Waals surface area contributed by atoms with Crippen molar-refractivity contribution in [1.82, 2.24) is 4.57 Å². The van der Waals surface area contributed by atoms with E-state index in [0.717, 1.165) is 5.56 Å². The lowest BCUT2D eigenvalue weighted by molar-refractivity contribution is -0.119. The molecule has 0 aliphatic carbocycles. The van der Waals surface area contributed by atoms with Crippen molar-refractivity contribution in [3.8, 4) is 11.1 Å². The van der Waals surface area contributed by atoms with E-state index in [-0.39, 0.29) is 11.3 Å².